The number of benzene rings is 2. The molecule has 0 fully saturated rings. The molecule has 1 heterocycles. The number of rotatable bonds is 4. The summed E-state index contributed by atoms with van der Waals surface area (Å²) < 4.78 is 8.36. The van der Waals surface area contributed by atoms with Crippen molar-refractivity contribution >= 4 is 28.4 Å². The molecule has 4 nitrogen and oxygen atoms in total. The van der Waals surface area contributed by atoms with Gasteiger partial charge in [-0.1, -0.05) is 11.6 Å². The van der Waals surface area contributed by atoms with Gasteiger partial charge in [-0.15, -0.1) is 0 Å². The van der Waals surface area contributed by atoms with Crippen LogP contribution >= 0.6 is 11.6 Å². The van der Waals surface area contributed by atoms with E-state index in [1.54, 1.807) is 0 Å². The number of aromatic nitrogens is 1. The molecule has 0 radical (unpaired) electrons. The van der Waals surface area contributed by atoms with Crippen molar-refractivity contribution in [3.8, 4) is 11.5 Å². The standard InChI is InChI=1S/C18H20ClN3O/c1-4-20-15-11-18-16(10-13(15)19)21-14-8-7-12(9-17(14)23-18)22(5-2)6-3/h7-11H,4-6H2,1-3H3/p+1. The minimum atomic E-state index is 0.654. The van der Waals surface area contributed by atoms with Crippen LogP contribution in [-0.2, 0) is 0 Å². The first-order valence-electron chi connectivity index (χ1n) is 8.02. The number of hydrogen-bond acceptors (Lipinski definition) is 3. The number of halogens is 1. The summed E-state index contributed by atoms with van der Waals surface area (Å²) in [6, 6.07) is 9.89. The van der Waals surface area contributed by atoms with E-state index in [-0.39, 0.29) is 0 Å². The van der Waals surface area contributed by atoms with Crippen molar-refractivity contribution in [2.75, 3.05) is 25.0 Å². The normalized spacial score (nSPS) is 11.1. The van der Waals surface area contributed by atoms with Crippen LogP contribution < -0.4 is 15.2 Å². The van der Waals surface area contributed by atoms with Crippen LogP contribution in [-0.4, -0.2) is 24.6 Å². The van der Waals surface area contributed by atoms with Gasteiger partial charge in [0.1, 0.15) is 24.3 Å². The lowest BCUT2D eigenvalue weighted by atomic mass is 10.2. The summed E-state index contributed by atoms with van der Waals surface area (Å²) >= 11 is 6.29. The molecule has 0 unspecified atom stereocenters. The van der Waals surface area contributed by atoms with Crippen molar-refractivity contribution in [3.05, 3.63) is 40.7 Å². The van der Waals surface area contributed by atoms with Gasteiger partial charge >= 0.3 is 0 Å². The maximum absolute atomic E-state index is 6.29. The Morgan fingerprint density at radius 1 is 1.13 bits per heavy atom. The summed E-state index contributed by atoms with van der Waals surface area (Å²) in [7, 11) is 0. The van der Waals surface area contributed by atoms with Crippen molar-refractivity contribution in [2.45, 2.75) is 20.8 Å². The highest BCUT2D eigenvalue weighted by atomic mass is 35.5. The second kappa shape index (κ2) is 6.59. The zero-order chi connectivity index (χ0) is 16.4. The van der Waals surface area contributed by atoms with E-state index in [0.29, 0.717) is 5.02 Å². The largest absolute Gasteiger partial charge is 0.452 e. The number of nitrogens with zero attached hydrogens (tertiary/aromatic N) is 2. The molecule has 1 aliphatic heterocycles. The number of anilines is 1. The molecule has 1 aromatic rings. The first-order chi connectivity index (χ1) is 11.2. The van der Waals surface area contributed by atoms with Crippen LogP contribution in [0.4, 0.5) is 5.69 Å². The molecule has 0 spiro atoms. The Hall–Kier alpha value is -2.07. The molecule has 1 aliphatic carbocycles. The van der Waals surface area contributed by atoms with E-state index in [0.717, 1.165) is 53.2 Å². The number of nitrogens with one attached hydrogen (secondary N) is 1. The average molecular weight is 331 g/mol. The highest BCUT2D eigenvalue weighted by Gasteiger charge is 2.13. The second-order valence-electron chi connectivity index (χ2n) is 5.37. The first kappa shape index (κ1) is 15.8. The molecular formula is C18H21ClN3O+. The molecule has 5 heteroatoms. The monoisotopic (exact) mass is 330 g/mol. The van der Waals surface area contributed by atoms with E-state index >= 15 is 0 Å². The van der Waals surface area contributed by atoms with Gasteiger partial charge in [0.25, 0.3) is 0 Å². The molecular weight excluding hydrogens is 310 g/mol. The molecule has 0 aromatic heterocycles. The summed E-state index contributed by atoms with van der Waals surface area (Å²) in [5.74, 6) is 0.784. The van der Waals surface area contributed by atoms with Gasteiger partial charge in [0.05, 0.1) is 16.8 Å². The van der Waals surface area contributed by atoms with Crippen LogP contribution in [0.25, 0.3) is 22.6 Å². The van der Waals surface area contributed by atoms with Gasteiger partial charge in [0.15, 0.2) is 11.3 Å². The molecule has 0 atom stereocenters. The maximum Gasteiger partial charge on any atom is 0.203 e. The third-order valence-electron chi connectivity index (χ3n) is 3.95. The lowest BCUT2D eigenvalue weighted by Crippen LogP contribution is -2.29. The Morgan fingerprint density at radius 2 is 1.91 bits per heavy atom. The Labute approximate surface area is 140 Å². The minimum Gasteiger partial charge on any atom is -0.452 e. The van der Waals surface area contributed by atoms with Crippen LogP contribution in [0.3, 0.4) is 0 Å². The zero-order valence-corrected chi connectivity index (χ0v) is 14.4. The second-order valence-corrected chi connectivity index (χ2v) is 5.78. The summed E-state index contributed by atoms with van der Waals surface area (Å²) in [4.78, 5) is 4.67. The molecule has 1 N–H and O–H groups in total. The van der Waals surface area contributed by atoms with E-state index < -0.39 is 0 Å². The Kier molecular flexibility index (Phi) is 4.53. The summed E-state index contributed by atoms with van der Waals surface area (Å²) in [6.07, 6.45) is 0. The Balaban J connectivity index is 2.25. The molecule has 0 bridgehead atoms. The van der Waals surface area contributed by atoms with E-state index in [1.165, 1.54) is 0 Å². The SMILES string of the molecule is CCNc1cc2oc3cc(=[N+](CC)CC)ccc-3nc2cc1Cl. The summed E-state index contributed by atoms with van der Waals surface area (Å²) in [5.41, 5.74) is 3.20. The van der Waals surface area contributed by atoms with Gasteiger partial charge in [-0.2, -0.15) is 0 Å². The molecule has 2 aliphatic rings. The topological polar surface area (TPSA) is 41.1 Å². The van der Waals surface area contributed by atoms with Gasteiger partial charge in [-0.25, -0.2) is 9.56 Å². The lowest BCUT2D eigenvalue weighted by molar-refractivity contribution is 0.600. The van der Waals surface area contributed by atoms with Crippen LogP contribution in [0.2, 0.25) is 5.02 Å². The quantitative estimate of drug-likeness (QED) is 0.584. The third-order valence-corrected chi connectivity index (χ3v) is 4.26. The average Bonchev–Trinajstić information content (AvgIpc) is 2.55. The molecule has 1 aromatic carbocycles. The van der Waals surface area contributed by atoms with Crippen molar-refractivity contribution < 1.29 is 4.42 Å². The van der Waals surface area contributed by atoms with E-state index in [9.17, 15) is 0 Å². The first-order valence-corrected chi connectivity index (χ1v) is 8.40. The fraction of sp³-hybridized carbons (Fsp3) is 0.333. The van der Waals surface area contributed by atoms with Crippen molar-refractivity contribution in [1.29, 1.82) is 0 Å². The van der Waals surface area contributed by atoms with Crippen LogP contribution in [0.5, 0.6) is 0 Å². The van der Waals surface area contributed by atoms with Crippen LogP contribution in [0, 0.1) is 0 Å². The van der Waals surface area contributed by atoms with E-state index in [2.05, 4.69) is 40.9 Å². The third kappa shape index (κ3) is 3.04. The van der Waals surface area contributed by atoms with Gasteiger partial charge in [0.2, 0.25) is 5.36 Å². The molecule has 23 heavy (non-hydrogen) atoms. The van der Waals surface area contributed by atoms with Crippen LogP contribution in [0.1, 0.15) is 20.8 Å². The zero-order valence-electron chi connectivity index (χ0n) is 13.7. The van der Waals surface area contributed by atoms with Crippen molar-refractivity contribution in [2.24, 2.45) is 0 Å². The van der Waals surface area contributed by atoms with E-state index in [1.807, 2.05) is 25.1 Å². The molecule has 3 rings (SSSR count). The van der Waals surface area contributed by atoms with Crippen molar-refractivity contribution in [1.82, 2.24) is 9.56 Å². The number of fused-ring (bicyclic) bond motifs is 2. The predicted octanol–water partition coefficient (Wildman–Crippen LogP) is 3.83. The molecule has 0 amide bonds. The minimum absolute atomic E-state index is 0.654. The fourth-order valence-corrected chi connectivity index (χ4v) is 2.97. The predicted molar refractivity (Wildman–Crippen MR) is 96.2 cm³/mol. The van der Waals surface area contributed by atoms with E-state index in [4.69, 9.17) is 16.0 Å². The Bertz CT molecular complexity index is 879. The van der Waals surface area contributed by atoms with Gasteiger partial charge in [-0.3, -0.25) is 0 Å². The van der Waals surface area contributed by atoms with Gasteiger partial charge in [0, 0.05) is 18.7 Å². The summed E-state index contributed by atoms with van der Waals surface area (Å²) in [6.45, 7) is 9.06. The Morgan fingerprint density at radius 3 is 2.61 bits per heavy atom. The maximum atomic E-state index is 6.29. The lowest BCUT2D eigenvalue weighted by Gasteiger charge is -2.10. The summed E-state index contributed by atoms with van der Waals surface area (Å²) in [5, 5.41) is 5.04. The highest BCUT2D eigenvalue weighted by Crippen LogP contribution is 2.30. The molecule has 0 saturated heterocycles. The fourth-order valence-electron chi connectivity index (χ4n) is 2.75. The van der Waals surface area contributed by atoms with Gasteiger partial charge < -0.3 is 9.73 Å². The smallest absolute Gasteiger partial charge is 0.203 e. The highest BCUT2D eigenvalue weighted by molar-refractivity contribution is 6.34. The molecule has 120 valence electrons. The molecule has 0 saturated carbocycles. The number of hydrogen-bond donors (Lipinski definition) is 1. The van der Waals surface area contributed by atoms with Crippen LogP contribution in [0.15, 0.2) is 34.7 Å². The van der Waals surface area contributed by atoms with Gasteiger partial charge in [-0.05, 0) is 32.9 Å². The van der Waals surface area contributed by atoms with Crippen molar-refractivity contribution in [3.63, 3.8) is 0 Å².